The molecular weight excluding hydrogens is 244 g/mol. The van der Waals surface area contributed by atoms with Gasteiger partial charge in [-0.15, -0.1) is 0 Å². The van der Waals surface area contributed by atoms with Crippen LogP contribution >= 0.6 is 0 Å². The summed E-state index contributed by atoms with van der Waals surface area (Å²) in [7, 11) is 0. The van der Waals surface area contributed by atoms with Crippen LogP contribution in [0.1, 0.15) is 47.5 Å². The zero-order chi connectivity index (χ0) is 14.8. The Kier molecular flexibility index (Phi) is 4.24. The van der Waals surface area contributed by atoms with E-state index in [1.807, 2.05) is 13.8 Å². The number of carbonyl (C=O) groups is 2. The molecule has 0 saturated heterocycles. The fourth-order valence-electron chi connectivity index (χ4n) is 2.40. The van der Waals surface area contributed by atoms with E-state index in [-0.39, 0.29) is 30.6 Å². The van der Waals surface area contributed by atoms with Gasteiger partial charge in [0, 0.05) is 12.8 Å². The summed E-state index contributed by atoms with van der Waals surface area (Å²) in [6.45, 7) is 9.19. The van der Waals surface area contributed by atoms with Crippen molar-refractivity contribution in [3.63, 3.8) is 0 Å². The van der Waals surface area contributed by atoms with E-state index in [9.17, 15) is 14.9 Å². The number of carbonyl (C=O) groups excluding carboxylic acids is 2. The number of nitrogens with one attached hydrogen (secondary N) is 1. The van der Waals surface area contributed by atoms with Crippen LogP contribution in [0.5, 0.6) is 0 Å². The van der Waals surface area contributed by atoms with Crippen molar-refractivity contribution < 1.29 is 14.3 Å². The molecule has 5 nitrogen and oxygen atoms in total. The Morgan fingerprint density at radius 1 is 1.42 bits per heavy atom. The maximum Gasteiger partial charge on any atom is 0.407 e. The lowest BCUT2D eigenvalue weighted by molar-refractivity contribution is -0.131. The Balaban J connectivity index is 2.78. The second-order valence-electron chi connectivity index (χ2n) is 6.53. The summed E-state index contributed by atoms with van der Waals surface area (Å²) in [5.74, 6) is 0.124. The van der Waals surface area contributed by atoms with Crippen LogP contribution in [0, 0.1) is 22.7 Å². The number of ether oxygens (including phenoxy) is 1. The smallest absolute Gasteiger partial charge is 0.407 e. The third kappa shape index (κ3) is 3.69. The third-order valence-electron chi connectivity index (χ3n) is 3.18. The lowest BCUT2D eigenvalue weighted by atomic mass is 9.61. The standard InChI is InChI=1S/C14H22N2O3/c1-9(2)11(14(8-15)6-10(17)7-14)16-12(18)19-13(3,4)5/h9,11H,6-7H2,1-5H3,(H,16,18). The maximum atomic E-state index is 11.8. The van der Waals surface area contributed by atoms with Crippen LogP contribution in [0.25, 0.3) is 0 Å². The van der Waals surface area contributed by atoms with E-state index in [4.69, 9.17) is 4.74 Å². The van der Waals surface area contributed by atoms with Gasteiger partial charge in [-0.1, -0.05) is 13.8 Å². The molecule has 0 radical (unpaired) electrons. The van der Waals surface area contributed by atoms with Gasteiger partial charge in [0.05, 0.1) is 17.5 Å². The van der Waals surface area contributed by atoms with Crippen molar-refractivity contribution in [1.29, 1.82) is 5.26 Å². The predicted molar refractivity (Wildman–Crippen MR) is 70.3 cm³/mol. The predicted octanol–water partition coefficient (Wildman–Crippen LogP) is 2.41. The number of Topliss-reactive ketones (excluding diaryl/α,β-unsaturated/α-hetero) is 1. The summed E-state index contributed by atoms with van der Waals surface area (Å²) >= 11 is 0. The molecule has 0 spiro atoms. The minimum Gasteiger partial charge on any atom is -0.444 e. The Bertz CT molecular complexity index is 407. The number of nitrogens with zero attached hydrogens (tertiary/aromatic N) is 1. The summed E-state index contributed by atoms with van der Waals surface area (Å²) in [5.41, 5.74) is -1.36. The van der Waals surface area contributed by atoms with E-state index in [0.717, 1.165) is 0 Å². The number of hydrogen-bond donors (Lipinski definition) is 1. The third-order valence-corrected chi connectivity index (χ3v) is 3.18. The van der Waals surface area contributed by atoms with Crippen molar-refractivity contribution in [2.24, 2.45) is 11.3 Å². The largest absolute Gasteiger partial charge is 0.444 e. The van der Waals surface area contributed by atoms with Gasteiger partial charge in [-0.25, -0.2) is 4.79 Å². The minimum atomic E-state index is -0.776. The molecule has 1 amide bonds. The lowest BCUT2D eigenvalue weighted by Gasteiger charge is -2.43. The van der Waals surface area contributed by atoms with Gasteiger partial charge < -0.3 is 10.1 Å². The van der Waals surface area contributed by atoms with Crippen LogP contribution in [0.3, 0.4) is 0 Å². The van der Waals surface area contributed by atoms with Gasteiger partial charge in [-0.05, 0) is 26.7 Å². The molecule has 0 aromatic rings. The zero-order valence-corrected chi connectivity index (χ0v) is 12.2. The van der Waals surface area contributed by atoms with Crippen LogP contribution in [0.4, 0.5) is 4.79 Å². The molecule has 1 atom stereocenters. The van der Waals surface area contributed by atoms with Crippen LogP contribution in [-0.2, 0) is 9.53 Å². The number of ketones is 1. The number of hydrogen-bond acceptors (Lipinski definition) is 4. The first kappa shape index (κ1) is 15.5. The molecule has 0 aromatic carbocycles. The summed E-state index contributed by atoms with van der Waals surface area (Å²) in [6, 6.07) is 1.83. The van der Waals surface area contributed by atoms with Gasteiger partial charge in [0.1, 0.15) is 11.4 Å². The van der Waals surface area contributed by atoms with Gasteiger partial charge >= 0.3 is 6.09 Å². The molecule has 106 valence electrons. The fourth-order valence-corrected chi connectivity index (χ4v) is 2.40. The highest BCUT2D eigenvalue weighted by molar-refractivity contribution is 5.88. The molecule has 1 aliphatic carbocycles. The van der Waals surface area contributed by atoms with E-state index in [1.165, 1.54) is 0 Å². The van der Waals surface area contributed by atoms with E-state index in [2.05, 4.69) is 11.4 Å². The average Bonchev–Trinajstić information content (AvgIpc) is 2.18. The average molecular weight is 266 g/mol. The highest BCUT2D eigenvalue weighted by Gasteiger charge is 2.51. The second kappa shape index (κ2) is 5.20. The minimum absolute atomic E-state index is 0.0558. The van der Waals surface area contributed by atoms with E-state index >= 15 is 0 Å². The molecule has 1 rings (SSSR count). The van der Waals surface area contributed by atoms with Crippen LogP contribution in [-0.4, -0.2) is 23.5 Å². The molecule has 0 bridgehead atoms. The first-order valence-electron chi connectivity index (χ1n) is 6.52. The van der Waals surface area contributed by atoms with Gasteiger partial charge in [-0.3, -0.25) is 4.79 Å². The highest BCUT2D eigenvalue weighted by atomic mass is 16.6. The molecule has 1 N–H and O–H groups in total. The van der Waals surface area contributed by atoms with Crippen molar-refractivity contribution in [2.75, 3.05) is 0 Å². The van der Waals surface area contributed by atoms with Crippen molar-refractivity contribution in [3.8, 4) is 6.07 Å². The monoisotopic (exact) mass is 266 g/mol. The molecular formula is C14H22N2O3. The maximum absolute atomic E-state index is 11.8. The number of rotatable bonds is 3. The molecule has 0 heterocycles. The summed E-state index contributed by atoms with van der Waals surface area (Å²) in [5, 5.41) is 12.1. The normalized spacial score (nSPS) is 19.3. The van der Waals surface area contributed by atoms with Crippen molar-refractivity contribution >= 4 is 11.9 Å². The second-order valence-corrected chi connectivity index (χ2v) is 6.53. The quantitative estimate of drug-likeness (QED) is 0.850. The van der Waals surface area contributed by atoms with Crippen molar-refractivity contribution in [1.82, 2.24) is 5.32 Å². The zero-order valence-electron chi connectivity index (χ0n) is 12.2. The Hall–Kier alpha value is -1.57. The van der Waals surface area contributed by atoms with Crippen LogP contribution < -0.4 is 5.32 Å². The van der Waals surface area contributed by atoms with Gasteiger partial charge in [0.2, 0.25) is 0 Å². The summed E-state index contributed by atoms with van der Waals surface area (Å²) < 4.78 is 5.21. The molecule has 1 aliphatic rings. The van der Waals surface area contributed by atoms with Gasteiger partial charge in [-0.2, -0.15) is 5.26 Å². The number of nitriles is 1. The molecule has 5 heteroatoms. The molecule has 1 saturated carbocycles. The Morgan fingerprint density at radius 3 is 2.26 bits per heavy atom. The van der Waals surface area contributed by atoms with Gasteiger partial charge in [0.25, 0.3) is 0 Å². The van der Waals surface area contributed by atoms with Crippen LogP contribution in [0.2, 0.25) is 0 Å². The molecule has 1 fully saturated rings. The van der Waals surface area contributed by atoms with Crippen molar-refractivity contribution in [3.05, 3.63) is 0 Å². The molecule has 1 unspecified atom stereocenters. The van der Waals surface area contributed by atoms with Gasteiger partial charge in [0.15, 0.2) is 0 Å². The summed E-state index contributed by atoms with van der Waals surface area (Å²) in [4.78, 5) is 23.1. The van der Waals surface area contributed by atoms with E-state index in [1.54, 1.807) is 20.8 Å². The Labute approximate surface area is 114 Å². The first-order valence-corrected chi connectivity index (χ1v) is 6.52. The Morgan fingerprint density at radius 2 is 1.95 bits per heavy atom. The van der Waals surface area contributed by atoms with Crippen molar-refractivity contribution in [2.45, 2.75) is 59.1 Å². The van der Waals surface area contributed by atoms with E-state index < -0.39 is 17.1 Å². The summed E-state index contributed by atoms with van der Waals surface area (Å²) in [6.07, 6.45) is -0.121. The highest BCUT2D eigenvalue weighted by Crippen LogP contribution is 2.43. The topological polar surface area (TPSA) is 79.2 Å². The SMILES string of the molecule is CC(C)C(NC(=O)OC(C)(C)C)C1(C#N)CC(=O)C1. The number of alkyl carbamates (subject to hydrolysis) is 1. The first-order chi connectivity index (χ1) is 8.59. The van der Waals surface area contributed by atoms with E-state index in [0.29, 0.717) is 0 Å². The lowest BCUT2D eigenvalue weighted by Crippen LogP contribution is -2.57. The number of amides is 1. The fraction of sp³-hybridized carbons (Fsp3) is 0.786. The van der Waals surface area contributed by atoms with Crippen LogP contribution in [0.15, 0.2) is 0 Å². The molecule has 19 heavy (non-hydrogen) atoms. The molecule has 0 aliphatic heterocycles. The molecule has 0 aromatic heterocycles.